The Morgan fingerprint density at radius 1 is 1.15 bits per heavy atom. The summed E-state index contributed by atoms with van der Waals surface area (Å²) in [5, 5.41) is 1.12. The molecule has 6 heteroatoms. The van der Waals surface area contributed by atoms with Gasteiger partial charge in [-0.15, -0.1) is 0 Å². The minimum Gasteiger partial charge on any atom is -0.361 e. The molecule has 0 unspecified atom stereocenters. The van der Waals surface area contributed by atoms with Gasteiger partial charge in [0.05, 0.1) is 5.56 Å². The molecule has 1 N–H and O–H groups in total. The first-order valence-corrected chi connectivity index (χ1v) is 9.02. The van der Waals surface area contributed by atoms with Gasteiger partial charge < -0.3 is 9.88 Å². The lowest BCUT2D eigenvalue weighted by molar-refractivity contribution is 0.0768. The van der Waals surface area contributed by atoms with Crippen molar-refractivity contribution in [3.05, 3.63) is 75.9 Å². The molecular formula is C20H15BrF2N2O. The van der Waals surface area contributed by atoms with Crippen LogP contribution < -0.4 is 0 Å². The molecule has 3 nitrogen and oxygen atoms in total. The van der Waals surface area contributed by atoms with Gasteiger partial charge in [-0.2, -0.15) is 0 Å². The smallest absolute Gasteiger partial charge is 0.257 e. The van der Waals surface area contributed by atoms with E-state index in [1.807, 2.05) is 24.4 Å². The average Bonchev–Trinajstić information content (AvgIpc) is 3.04. The summed E-state index contributed by atoms with van der Waals surface area (Å²) < 4.78 is 27.9. The minimum absolute atomic E-state index is 0.0979. The molecule has 0 bridgehead atoms. The highest BCUT2D eigenvalue weighted by Gasteiger charge is 2.23. The van der Waals surface area contributed by atoms with Gasteiger partial charge in [-0.1, -0.05) is 22.0 Å². The summed E-state index contributed by atoms with van der Waals surface area (Å²) in [5.41, 5.74) is 3.22. The SMILES string of the molecule is O=C(c1ccc(F)cc1F)N1CC=C(c2c[nH]c3ccc(Br)cc23)CC1. The lowest BCUT2D eigenvalue weighted by atomic mass is 9.98. The molecule has 0 fully saturated rings. The van der Waals surface area contributed by atoms with Crippen molar-refractivity contribution >= 4 is 38.3 Å². The fourth-order valence-electron chi connectivity index (χ4n) is 3.29. The molecule has 0 radical (unpaired) electrons. The Hall–Kier alpha value is -2.47. The Kier molecular flexibility index (Phi) is 4.36. The van der Waals surface area contributed by atoms with Gasteiger partial charge in [0.15, 0.2) is 0 Å². The highest BCUT2D eigenvalue weighted by atomic mass is 79.9. The van der Waals surface area contributed by atoms with Crippen molar-refractivity contribution in [1.82, 2.24) is 9.88 Å². The molecule has 0 saturated heterocycles. The van der Waals surface area contributed by atoms with E-state index in [4.69, 9.17) is 0 Å². The second-order valence-electron chi connectivity index (χ2n) is 6.25. The molecule has 0 atom stereocenters. The Bertz CT molecular complexity index is 1040. The van der Waals surface area contributed by atoms with E-state index in [0.717, 1.165) is 38.6 Å². The maximum absolute atomic E-state index is 13.9. The van der Waals surface area contributed by atoms with Crippen molar-refractivity contribution in [3.8, 4) is 0 Å². The molecule has 26 heavy (non-hydrogen) atoms. The van der Waals surface area contributed by atoms with Crippen LogP contribution in [0.4, 0.5) is 8.78 Å². The first-order valence-electron chi connectivity index (χ1n) is 8.23. The molecule has 1 aromatic heterocycles. The lowest BCUT2D eigenvalue weighted by Gasteiger charge is -2.26. The Labute approximate surface area is 157 Å². The first kappa shape index (κ1) is 17.0. The van der Waals surface area contributed by atoms with Crippen LogP contribution in [0.25, 0.3) is 16.5 Å². The van der Waals surface area contributed by atoms with Gasteiger partial charge in [-0.05, 0) is 42.3 Å². The maximum Gasteiger partial charge on any atom is 0.257 e. The van der Waals surface area contributed by atoms with Crippen molar-refractivity contribution in [3.63, 3.8) is 0 Å². The number of aromatic amines is 1. The van der Waals surface area contributed by atoms with E-state index in [1.165, 1.54) is 6.07 Å². The van der Waals surface area contributed by atoms with Gasteiger partial charge >= 0.3 is 0 Å². The van der Waals surface area contributed by atoms with E-state index >= 15 is 0 Å². The van der Waals surface area contributed by atoms with Gasteiger partial charge in [-0.25, -0.2) is 8.78 Å². The van der Waals surface area contributed by atoms with Crippen LogP contribution in [0.3, 0.4) is 0 Å². The van der Waals surface area contributed by atoms with E-state index < -0.39 is 17.5 Å². The van der Waals surface area contributed by atoms with Gasteiger partial charge in [0, 0.05) is 46.3 Å². The van der Waals surface area contributed by atoms with Crippen molar-refractivity contribution in [2.24, 2.45) is 0 Å². The van der Waals surface area contributed by atoms with Gasteiger partial charge in [0.25, 0.3) is 5.91 Å². The van der Waals surface area contributed by atoms with Crippen LogP contribution in [-0.4, -0.2) is 28.9 Å². The van der Waals surface area contributed by atoms with Crippen LogP contribution in [0, 0.1) is 11.6 Å². The highest BCUT2D eigenvalue weighted by molar-refractivity contribution is 9.10. The molecule has 2 heterocycles. The molecule has 0 aliphatic carbocycles. The third kappa shape index (κ3) is 3.05. The Balaban J connectivity index is 1.58. The number of fused-ring (bicyclic) bond motifs is 1. The van der Waals surface area contributed by atoms with Crippen LogP contribution in [0.1, 0.15) is 22.3 Å². The third-order valence-electron chi connectivity index (χ3n) is 4.65. The zero-order chi connectivity index (χ0) is 18.3. The summed E-state index contributed by atoms with van der Waals surface area (Å²) in [5.74, 6) is -1.93. The Morgan fingerprint density at radius 3 is 2.73 bits per heavy atom. The largest absolute Gasteiger partial charge is 0.361 e. The van der Waals surface area contributed by atoms with Crippen LogP contribution >= 0.6 is 15.9 Å². The summed E-state index contributed by atoms with van der Waals surface area (Å²) in [6, 6.07) is 9.10. The summed E-state index contributed by atoms with van der Waals surface area (Å²) in [7, 11) is 0. The first-order chi connectivity index (χ1) is 12.5. The number of nitrogens with zero attached hydrogens (tertiary/aromatic N) is 1. The number of amides is 1. The van der Waals surface area contributed by atoms with E-state index in [9.17, 15) is 13.6 Å². The number of hydrogen-bond acceptors (Lipinski definition) is 1. The number of halogens is 3. The van der Waals surface area contributed by atoms with Crippen molar-refractivity contribution < 1.29 is 13.6 Å². The van der Waals surface area contributed by atoms with Crippen LogP contribution in [-0.2, 0) is 0 Å². The van der Waals surface area contributed by atoms with Crippen molar-refractivity contribution in [2.45, 2.75) is 6.42 Å². The molecule has 1 aliphatic rings. The second kappa shape index (κ2) is 6.68. The van der Waals surface area contributed by atoms with Crippen LogP contribution in [0.15, 0.2) is 53.1 Å². The standard InChI is InChI=1S/C20H15BrF2N2O/c21-13-1-4-19-16(9-13)17(11-24-19)12-5-7-25(8-6-12)20(26)15-3-2-14(22)10-18(15)23/h1-5,9-11,24H,6-8H2. The Morgan fingerprint density at radius 2 is 2.00 bits per heavy atom. The number of hydrogen-bond donors (Lipinski definition) is 1. The molecular weight excluding hydrogens is 402 g/mol. The zero-order valence-corrected chi connectivity index (χ0v) is 15.3. The monoisotopic (exact) mass is 416 g/mol. The zero-order valence-electron chi connectivity index (χ0n) is 13.7. The van der Waals surface area contributed by atoms with Crippen LogP contribution in [0.5, 0.6) is 0 Å². The van der Waals surface area contributed by atoms with Crippen molar-refractivity contribution in [2.75, 3.05) is 13.1 Å². The maximum atomic E-state index is 13.9. The van der Waals surface area contributed by atoms with Crippen LogP contribution in [0.2, 0.25) is 0 Å². The van der Waals surface area contributed by atoms with E-state index in [-0.39, 0.29) is 5.56 Å². The quantitative estimate of drug-likeness (QED) is 0.616. The van der Waals surface area contributed by atoms with E-state index in [2.05, 4.69) is 27.0 Å². The molecule has 0 spiro atoms. The summed E-state index contributed by atoms with van der Waals surface area (Å²) in [6.07, 6.45) is 4.64. The number of carbonyl (C=O) groups excluding carboxylic acids is 1. The van der Waals surface area contributed by atoms with E-state index in [0.29, 0.717) is 19.5 Å². The van der Waals surface area contributed by atoms with Gasteiger partial charge in [0.1, 0.15) is 11.6 Å². The van der Waals surface area contributed by atoms with Crippen molar-refractivity contribution in [1.29, 1.82) is 0 Å². The fourth-order valence-corrected chi connectivity index (χ4v) is 3.65. The summed E-state index contributed by atoms with van der Waals surface area (Å²) in [6.45, 7) is 0.883. The number of benzene rings is 2. The number of nitrogens with one attached hydrogen (secondary N) is 1. The summed E-state index contributed by atoms with van der Waals surface area (Å²) in [4.78, 5) is 17.3. The minimum atomic E-state index is -0.828. The molecule has 3 aromatic rings. The second-order valence-corrected chi connectivity index (χ2v) is 7.16. The number of H-pyrrole nitrogens is 1. The topological polar surface area (TPSA) is 36.1 Å². The predicted molar refractivity (Wildman–Crippen MR) is 101 cm³/mol. The van der Waals surface area contributed by atoms with Gasteiger partial charge in [-0.3, -0.25) is 4.79 Å². The third-order valence-corrected chi connectivity index (χ3v) is 5.14. The molecule has 4 rings (SSSR count). The number of carbonyl (C=O) groups is 1. The summed E-state index contributed by atoms with van der Waals surface area (Å²) >= 11 is 3.49. The molecule has 0 saturated carbocycles. The normalized spacial score (nSPS) is 14.6. The molecule has 2 aromatic carbocycles. The van der Waals surface area contributed by atoms with Gasteiger partial charge in [0.2, 0.25) is 0 Å². The lowest BCUT2D eigenvalue weighted by Crippen LogP contribution is -2.35. The van der Waals surface area contributed by atoms with E-state index in [1.54, 1.807) is 4.90 Å². The predicted octanol–water partition coefficient (Wildman–Crippen LogP) is 5.14. The molecule has 1 aliphatic heterocycles. The number of aromatic nitrogens is 1. The molecule has 1 amide bonds. The highest BCUT2D eigenvalue weighted by Crippen LogP contribution is 2.31. The average molecular weight is 417 g/mol. The fraction of sp³-hybridized carbons (Fsp3) is 0.150. The molecule has 132 valence electrons. The number of rotatable bonds is 2.